The maximum atomic E-state index is 12.0. The summed E-state index contributed by atoms with van der Waals surface area (Å²) in [5.41, 5.74) is 0.932. The zero-order valence-corrected chi connectivity index (χ0v) is 13.1. The van der Waals surface area contributed by atoms with E-state index in [1.165, 1.54) is 12.4 Å². The highest BCUT2D eigenvalue weighted by Gasteiger charge is 2.10. The van der Waals surface area contributed by atoms with E-state index in [2.05, 4.69) is 52.5 Å². The third kappa shape index (κ3) is 3.51. The van der Waals surface area contributed by atoms with Gasteiger partial charge in [-0.1, -0.05) is 15.9 Å². The van der Waals surface area contributed by atoms with Gasteiger partial charge < -0.3 is 10.6 Å². The van der Waals surface area contributed by atoms with E-state index in [9.17, 15) is 4.79 Å². The summed E-state index contributed by atoms with van der Waals surface area (Å²) >= 11 is 6.73. The molecule has 2 aromatic rings. The number of halogens is 2. The lowest BCUT2D eigenvalue weighted by Crippen LogP contribution is -2.14. The van der Waals surface area contributed by atoms with Gasteiger partial charge in [0.15, 0.2) is 0 Å². The highest BCUT2D eigenvalue weighted by Crippen LogP contribution is 2.26. The first-order chi connectivity index (χ1) is 9.10. The number of carbonyl (C=O) groups excluding carboxylic acids is 1. The molecule has 1 heterocycles. The van der Waals surface area contributed by atoms with Crippen LogP contribution >= 0.6 is 31.9 Å². The van der Waals surface area contributed by atoms with Gasteiger partial charge in [-0.2, -0.15) is 0 Å². The van der Waals surface area contributed by atoms with Crippen LogP contribution in [0.15, 0.2) is 39.5 Å². The Morgan fingerprint density at radius 3 is 2.58 bits per heavy atom. The minimum atomic E-state index is -0.307. The molecule has 2 rings (SSSR count). The molecule has 0 aliphatic rings. The molecule has 0 fully saturated rings. The van der Waals surface area contributed by atoms with E-state index in [1.807, 2.05) is 12.1 Å². The lowest BCUT2D eigenvalue weighted by atomic mass is 10.3. The zero-order valence-electron chi connectivity index (χ0n) is 9.95. The van der Waals surface area contributed by atoms with Crippen molar-refractivity contribution < 1.29 is 4.79 Å². The number of nitrogens with zero attached hydrogens (tertiary/aromatic N) is 2. The molecule has 0 spiro atoms. The van der Waals surface area contributed by atoms with Crippen molar-refractivity contribution in [1.82, 2.24) is 9.97 Å². The Labute approximate surface area is 127 Å². The number of rotatable bonds is 3. The average molecular weight is 386 g/mol. The number of nitrogens with one attached hydrogen (secondary N) is 2. The van der Waals surface area contributed by atoms with Crippen LogP contribution in [0.1, 0.15) is 10.5 Å². The van der Waals surface area contributed by atoms with E-state index in [4.69, 9.17) is 0 Å². The van der Waals surface area contributed by atoms with Crippen LogP contribution in [0.5, 0.6) is 0 Å². The molecule has 0 bridgehead atoms. The molecule has 19 heavy (non-hydrogen) atoms. The van der Waals surface area contributed by atoms with Crippen LogP contribution in [-0.2, 0) is 0 Å². The fourth-order valence-electron chi connectivity index (χ4n) is 1.35. The average Bonchev–Trinajstić information content (AvgIpc) is 2.42. The molecular formula is C12H10Br2N4O. The molecule has 98 valence electrons. The SMILES string of the molecule is CNc1cnc(C(=O)Nc2ccc(Br)cc2Br)cn1. The summed E-state index contributed by atoms with van der Waals surface area (Å²) in [6.45, 7) is 0. The number of amides is 1. The van der Waals surface area contributed by atoms with Crippen molar-refractivity contribution in [1.29, 1.82) is 0 Å². The minimum absolute atomic E-state index is 0.258. The van der Waals surface area contributed by atoms with E-state index < -0.39 is 0 Å². The van der Waals surface area contributed by atoms with Crippen molar-refractivity contribution in [3.8, 4) is 0 Å². The fraction of sp³-hybridized carbons (Fsp3) is 0.0833. The number of aromatic nitrogens is 2. The highest BCUT2D eigenvalue weighted by atomic mass is 79.9. The van der Waals surface area contributed by atoms with Crippen LogP contribution < -0.4 is 10.6 Å². The number of carbonyl (C=O) groups is 1. The van der Waals surface area contributed by atoms with Gasteiger partial charge in [0.25, 0.3) is 5.91 Å². The van der Waals surface area contributed by atoms with E-state index >= 15 is 0 Å². The largest absolute Gasteiger partial charge is 0.372 e. The van der Waals surface area contributed by atoms with Gasteiger partial charge in [-0.25, -0.2) is 9.97 Å². The molecule has 0 saturated carbocycles. The van der Waals surface area contributed by atoms with Crippen molar-refractivity contribution in [2.75, 3.05) is 17.7 Å². The first kappa shape index (κ1) is 14.0. The molecule has 0 radical (unpaired) electrons. The van der Waals surface area contributed by atoms with Crippen LogP contribution in [0.3, 0.4) is 0 Å². The monoisotopic (exact) mass is 384 g/mol. The van der Waals surface area contributed by atoms with E-state index in [1.54, 1.807) is 13.1 Å². The number of hydrogen-bond acceptors (Lipinski definition) is 4. The molecule has 1 aromatic heterocycles. The summed E-state index contributed by atoms with van der Waals surface area (Å²) in [5.74, 6) is 0.305. The standard InChI is InChI=1S/C12H10Br2N4O/c1-15-11-6-16-10(5-17-11)12(19)18-9-3-2-7(13)4-8(9)14/h2-6H,1H3,(H,15,17)(H,18,19). The van der Waals surface area contributed by atoms with Gasteiger partial charge in [0.2, 0.25) is 0 Å². The first-order valence-corrected chi connectivity index (χ1v) is 6.95. The van der Waals surface area contributed by atoms with Crippen LogP contribution in [0.2, 0.25) is 0 Å². The predicted octanol–water partition coefficient (Wildman–Crippen LogP) is 3.30. The van der Waals surface area contributed by atoms with Gasteiger partial charge in [-0.15, -0.1) is 0 Å². The summed E-state index contributed by atoms with van der Waals surface area (Å²) in [5, 5.41) is 5.60. The Kier molecular flexibility index (Phi) is 4.49. The fourth-order valence-corrected chi connectivity index (χ4v) is 2.50. The molecule has 5 nitrogen and oxygen atoms in total. The summed E-state index contributed by atoms with van der Waals surface area (Å²) in [7, 11) is 1.74. The van der Waals surface area contributed by atoms with E-state index in [-0.39, 0.29) is 11.6 Å². The van der Waals surface area contributed by atoms with Crippen LogP contribution in [-0.4, -0.2) is 22.9 Å². The molecule has 2 N–H and O–H groups in total. The molecule has 7 heteroatoms. The number of benzene rings is 1. The highest BCUT2D eigenvalue weighted by molar-refractivity contribution is 9.11. The van der Waals surface area contributed by atoms with Gasteiger partial charge in [-0.3, -0.25) is 4.79 Å². The van der Waals surface area contributed by atoms with Gasteiger partial charge in [-0.05, 0) is 34.1 Å². The molecule has 0 unspecified atom stereocenters. The lowest BCUT2D eigenvalue weighted by molar-refractivity contribution is 0.102. The van der Waals surface area contributed by atoms with Crippen molar-refractivity contribution in [2.24, 2.45) is 0 Å². The van der Waals surface area contributed by atoms with Crippen molar-refractivity contribution in [3.05, 3.63) is 45.2 Å². The number of anilines is 2. The number of hydrogen-bond donors (Lipinski definition) is 2. The lowest BCUT2D eigenvalue weighted by Gasteiger charge is -2.07. The molecule has 0 atom stereocenters. The summed E-state index contributed by atoms with van der Waals surface area (Å²) in [4.78, 5) is 20.1. The molecule has 1 aromatic carbocycles. The Morgan fingerprint density at radius 1 is 1.21 bits per heavy atom. The van der Waals surface area contributed by atoms with Crippen molar-refractivity contribution >= 4 is 49.3 Å². The maximum absolute atomic E-state index is 12.0. The minimum Gasteiger partial charge on any atom is -0.372 e. The van der Waals surface area contributed by atoms with Crippen molar-refractivity contribution in [3.63, 3.8) is 0 Å². The first-order valence-electron chi connectivity index (χ1n) is 5.36. The molecule has 0 aliphatic heterocycles. The van der Waals surface area contributed by atoms with Crippen LogP contribution in [0.4, 0.5) is 11.5 Å². The summed E-state index contributed by atoms with van der Waals surface area (Å²) in [6, 6.07) is 5.49. The Morgan fingerprint density at radius 2 is 2.00 bits per heavy atom. The topological polar surface area (TPSA) is 66.9 Å². The second kappa shape index (κ2) is 6.12. The van der Waals surface area contributed by atoms with Gasteiger partial charge in [0, 0.05) is 16.0 Å². The van der Waals surface area contributed by atoms with Gasteiger partial charge in [0.1, 0.15) is 11.5 Å². The Hall–Kier alpha value is -1.47. The Bertz CT molecular complexity index is 601. The Balaban J connectivity index is 2.15. The quantitative estimate of drug-likeness (QED) is 0.850. The smallest absolute Gasteiger partial charge is 0.275 e. The zero-order chi connectivity index (χ0) is 13.8. The van der Waals surface area contributed by atoms with Gasteiger partial charge >= 0.3 is 0 Å². The van der Waals surface area contributed by atoms with Gasteiger partial charge in [0.05, 0.1) is 18.1 Å². The van der Waals surface area contributed by atoms with Crippen LogP contribution in [0, 0.1) is 0 Å². The second-order valence-electron chi connectivity index (χ2n) is 3.62. The summed E-state index contributed by atoms with van der Waals surface area (Å²) in [6.07, 6.45) is 2.93. The molecule has 0 saturated heterocycles. The molecule has 0 aliphatic carbocycles. The van der Waals surface area contributed by atoms with Crippen LogP contribution in [0.25, 0.3) is 0 Å². The van der Waals surface area contributed by atoms with Crippen molar-refractivity contribution in [2.45, 2.75) is 0 Å². The summed E-state index contributed by atoms with van der Waals surface area (Å²) < 4.78 is 1.71. The van der Waals surface area contributed by atoms with E-state index in [0.29, 0.717) is 11.5 Å². The third-order valence-corrected chi connectivity index (χ3v) is 3.47. The second-order valence-corrected chi connectivity index (χ2v) is 5.39. The predicted molar refractivity (Wildman–Crippen MR) is 81.4 cm³/mol. The normalized spacial score (nSPS) is 10.1. The maximum Gasteiger partial charge on any atom is 0.275 e. The van der Waals surface area contributed by atoms with E-state index in [0.717, 1.165) is 8.95 Å². The molecular weight excluding hydrogens is 376 g/mol. The molecule has 1 amide bonds. The third-order valence-electron chi connectivity index (χ3n) is 2.32.